The minimum atomic E-state index is -0.428. The number of aromatic nitrogens is 1. The van der Waals surface area contributed by atoms with Crippen molar-refractivity contribution in [2.24, 2.45) is 5.41 Å². The number of hydrogen-bond donors (Lipinski definition) is 0. The van der Waals surface area contributed by atoms with E-state index in [2.05, 4.69) is 62.3 Å². The first kappa shape index (κ1) is 23.2. The predicted molar refractivity (Wildman–Crippen MR) is 125 cm³/mol. The summed E-state index contributed by atoms with van der Waals surface area (Å²) in [5.41, 5.74) is 3.29. The van der Waals surface area contributed by atoms with Gasteiger partial charge in [0.05, 0.1) is 6.04 Å². The summed E-state index contributed by atoms with van der Waals surface area (Å²) in [6, 6.07) is 16.1. The average Bonchev–Trinajstić information content (AvgIpc) is 3.12. The molecule has 3 aromatic rings. The second-order valence-electron chi connectivity index (χ2n) is 9.29. The topological polar surface area (TPSA) is 8.17 Å². The predicted octanol–water partition coefficient (Wildman–Crippen LogP) is 7.30. The molecule has 0 amide bonds. The van der Waals surface area contributed by atoms with E-state index in [1.165, 1.54) is 23.8 Å². The Labute approximate surface area is 185 Å². The van der Waals surface area contributed by atoms with E-state index < -0.39 is 11.6 Å². The van der Waals surface area contributed by atoms with E-state index in [4.69, 9.17) is 0 Å². The molecule has 0 saturated carbocycles. The number of nitrogens with zero attached hydrogens (tertiary/aromatic N) is 2. The highest BCUT2D eigenvalue weighted by atomic mass is 19.1. The van der Waals surface area contributed by atoms with Gasteiger partial charge >= 0.3 is 0 Å². The van der Waals surface area contributed by atoms with Crippen molar-refractivity contribution < 1.29 is 8.78 Å². The van der Waals surface area contributed by atoms with Gasteiger partial charge in [-0.15, -0.1) is 0 Å². The zero-order valence-corrected chi connectivity index (χ0v) is 19.3. The van der Waals surface area contributed by atoms with Gasteiger partial charge in [0.1, 0.15) is 11.6 Å². The molecule has 2 nitrogen and oxygen atoms in total. The lowest BCUT2D eigenvalue weighted by Gasteiger charge is -2.40. The van der Waals surface area contributed by atoms with Gasteiger partial charge in [-0.05, 0) is 54.8 Å². The van der Waals surface area contributed by atoms with Crippen LogP contribution < -0.4 is 0 Å². The van der Waals surface area contributed by atoms with Crippen LogP contribution in [0, 0.1) is 17.0 Å². The summed E-state index contributed by atoms with van der Waals surface area (Å²) in [5, 5.41) is 0. The molecular weight excluding hydrogens is 390 g/mol. The fourth-order valence-corrected chi connectivity index (χ4v) is 4.48. The summed E-state index contributed by atoms with van der Waals surface area (Å²) in [6.45, 7) is 13.7. The van der Waals surface area contributed by atoms with E-state index >= 15 is 0 Å². The van der Waals surface area contributed by atoms with Crippen LogP contribution in [-0.4, -0.2) is 22.6 Å². The second-order valence-corrected chi connectivity index (χ2v) is 9.29. The fraction of sp³-hybridized carbons (Fsp3) is 0.407. The van der Waals surface area contributed by atoms with Crippen molar-refractivity contribution in [3.8, 4) is 11.1 Å². The van der Waals surface area contributed by atoms with Crippen molar-refractivity contribution in [1.29, 1.82) is 0 Å². The minimum Gasteiger partial charge on any atom is -0.345 e. The molecule has 4 heteroatoms. The van der Waals surface area contributed by atoms with Gasteiger partial charge in [-0.1, -0.05) is 65.0 Å². The first-order valence-corrected chi connectivity index (χ1v) is 11.2. The van der Waals surface area contributed by atoms with E-state index in [0.29, 0.717) is 17.7 Å². The number of benzene rings is 2. The normalized spacial score (nSPS) is 13.0. The van der Waals surface area contributed by atoms with Gasteiger partial charge in [0, 0.05) is 29.6 Å². The molecule has 0 saturated heterocycles. The van der Waals surface area contributed by atoms with Crippen molar-refractivity contribution >= 4 is 0 Å². The summed E-state index contributed by atoms with van der Waals surface area (Å²) in [4.78, 5) is 2.49. The van der Waals surface area contributed by atoms with Gasteiger partial charge in [0.15, 0.2) is 0 Å². The summed E-state index contributed by atoms with van der Waals surface area (Å²) < 4.78 is 30.8. The van der Waals surface area contributed by atoms with Gasteiger partial charge in [-0.25, -0.2) is 8.78 Å². The highest BCUT2D eigenvalue weighted by Crippen LogP contribution is 2.40. The zero-order chi connectivity index (χ0) is 22.6. The van der Waals surface area contributed by atoms with Gasteiger partial charge in [0.2, 0.25) is 0 Å². The number of rotatable bonds is 8. The molecule has 0 bridgehead atoms. The third-order valence-electron chi connectivity index (χ3n) is 5.75. The van der Waals surface area contributed by atoms with Crippen LogP contribution in [0.1, 0.15) is 58.3 Å². The van der Waals surface area contributed by atoms with Crippen LogP contribution in [0.15, 0.2) is 60.8 Å². The van der Waals surface area contributed by atoms with Crippen LogP contribution >= 0.6 is 0 Å². The van der Waals surface area contributed by atoms with Gasteiger partial charge < -0.3 is 4.57 Å². The molecule has 31 heavy (non-hydrogen) atoms. The summed E-state index contributed by atoms with van der Waals surface area (Å²) >= 11 is 0. The molecule has 1 atom stereocenters. The van der Waals surface area contributed by atoms with Crippen molar-refractivity contribution in [2.75, 3.05) is 13.1 Å². The van der Waals surface area contributed by atoms with Crippen molar-refractivity contribution in [1.82, 2.24) is 9.47 Å². The Balaban J connectivity index is 2.17. The smallest absolute Gasteiger partial charge is 0.131 e. The van der Waals surface area contributed by atoms with Gasteiger partial charge in [-0.2, -0.15) is 0 Å². The minimum absolute atomic E-state index is 0.0320. The number of halogens is 2. The Morgan fingerprint density at radius 1 is 0.968 bits per heavy atom. The average molecular weight is 425 g/mol. The van der Waals surface area contributed by atoms with Crippen LogP contribution in [0.2, 0.25) is 0 Å². The lowest BCUT2D eigenvalue weighted by atomic mass is 9.83. The van der Waals surface area contributed by atoms with Crippen molar-refractivity contribution in [2.45, 2.75) is 53.6 Å². The van der Waals surface area contributed by atoms with E-state index in [9.17, 15) is 8.78 Å². The Kier molecular flexibility index (Phi) is 7.32. The quantitative estimate of drug-likeness (QED) is 0.368. The second kappa shape index (κ2) is 9.78. The molecule has 166 valence electrons. The van der Waals surface area contributed by atoms with Gasteiger partial charge in [0.25, 0.3) is 0 Å². The molecule has 0 fully saturated rings. The Morgan fingerprint density at radius 2 is 1.68 bits per heavy atom. The molecule has 0 aliphatic rings. The SMILES string of the molecule is CCCN(CC)C(c1cc(-c2cc(F)ccc2F)cn1Cc1ccccc1)C(C)(C)C. The van der Waals surface area contributed by atoms with E-state index in [1.54, 1.807) is 0 Å². The molecule has 3 rings (SSSR count). The molecule has 0 radical (unpaired) electrons. The van der Waals surface area contributed by atoms with E-state index in [-0.39, 0.29) is 11.5 Å². The Bertz CT molecular complexity index is 986. The fourth-order valence-electron chi connectivity index (χ4n) is 4.48. The molecule has 0 aliphatic heterocycles. The zero-order valence-electron chi connectivity index (χ0n) is 19.3. The maximum Gasteiger partial charge on any atom is 0.131 e. The maximum atomic E-state index is 14.6. The Morgan fingerprint density at radius 3 is 2.29 bits per heavy atom. The van der Waals surface area contributed by atoms with E-state index in [1.807, 2.05) is 24.4 Å². The molecule has 1 aromatic heterocycles. The lowest BCUT2D eigenvalue weighted by Crippen LogP contribution is -2.38. The summed E-state index contributed by atoms with van der Waals surface area (Å²) in [7, 11) is 0. The molecule has 0 aliphatic carbocycles. The highest BCUT2D eigenvalue weighted by molar-refractivity contribution is 5.65. The largest absolute Gasteiger partial charge is 0.345 e. The molecule has 2 aromatic carbocycles. The summed E-state index contributed by atoms with van der Waals surface area (Å²) in [5.74, 6) is -0.833. The first-order valence-electron chi connectivity index (χ1n) is 11.2. The van der Waals surface area contributed by atoms with E-state index in [0.717, 1.165) is 25.2 Å². The molecule has 1 unspecified atom stereocenters. The lowest BCUT2D eigenvalue weighted by molar-refractivity contribution is 0.0979. The first-order chi connectivity index (χ1) is 14.7. The van der Waals surface area contributed by atoms with Gasteiger partial charge in [-0.3, -0.25) is 4.90 Å². The van der Waals surface area contributed by atoms with Crippen LogP contribution in [-0.2, 0) is 6.54 Å². The van der Waals surface area contributed by atoms with Crippen molar-refractivity contribution in [3.05, 3.63) is 83.7 Å². The maximum absolute atomic E-state index is 14.6. The van der Waals surface area contributed by atoms with Crippen LogP contribution in [0.5, 0.6) is 0 Å². The van der Waals surface area contributed by atoms with Crippen molar-refractivity contribution in [3.63, 3.8) is 0 Å². The number of hydrogen-bond acceptors (Lipinski definition) is 1. The summed E-state index contributed by atoms with van der Waals surface area (Å²) in [6.07, 6.45) is 3.03. The molecule has 0 N–H and O–H groups in total. The third kappa shape index (κ3) is 5.43. The highest BCUT2D eigenvalue weighted by Gasteiger charge is 2.33. The standard InChI is InChI=1S/C27H34F2N2/c1-6-15-30(7-2)26(27(3,4)5)25-16-21(23-17-22(28)13-14-24(23)29)19-31(25)18-20-11-9-8-10-12-20/h8-14,16-17,19,26H,6-7,15,18H2,1-5H3. The van der Waals surface area contributed by atoms with Crippen LogP contribution in [0.25, 0.3) is 11.1 Å². The molecule has 0 spiro atoms. The van der Waals surface area contributed by atoms with Crippen LogP contribution in [0.3, 0.4) is 0 Å². The molecule has 1 heterocycles. The Hall–Kier alpha value is -2.46. The monoisotopic (exact) mass is 424 g/mol. The third-order valence-corrected chi connectivity index (χ3v) is 5.75. The van der Waals surface area contributed by atoms with Crippen LogP contribution in [0.4, 0.5) is 8.78 Å². The molecular formula is C27H34F2N2.